The third-order valence-electron chi connectivity index (χ3n) is 4.81. The number of hydrogen-bond acceptors (Lipinski definition) is 3. The number of carbonyl (C=O) groups is 1. The lowest BCUT2D eigenvalue weighted by molar-refractivity contribution is 0.0622. The summed E-state index contributed by atoms with van der Waals surface area (Å²) in [5.41, 5.74) is 2.92. The zero-order valence-electron chi connectivity index (χ0n) is 13.5. The third-order valence-corrected chi connectivity index (χ3v) is 5.06. The van der Waals surface area contributed by atoms with Crippen LogP contribution in [0.1, 0.15) is 40.5 Å². The van der Waals surface area contributed by atoms with Crippen LogP contribution in [0.5, 0.6) is 0 Å². The molecule has 0 unspecified atom stereocenters. The van der Waals surface area contributed by atoms with E-state index in [1.54, 1.807) is 0 Å². The Morgan fingerprint density at radius 3 is 2.54 bits per heavy atom. The molecule has 0 bridgehead atoms. The zero-order chi connectivity index (χ0) is 16.5. The third kappa shape index (κ3) is 3.47. The minimum absolute atomic E-state index is 0.0456. The van der Waals surface area contributed by atoms with E-state index < -0.39 is 0 Å². The number of nitrogens with one attached hydrogen (secondary N) is 1. The first-order valence-electron chi connectivity index (χ1n) is 8.50. The fourth-order valence-electron chi connectivity index (χ4n) is 3.17. The van der Waals surface area contributed by atoms with Crippen LogP contribution >= 0.6 is 11.6 Å². The molecule has 5 nitrogen and oxygen atoms in total. The van der Waals surface area contributed by atoms with E-state index in [0.29, 0.717) is 11.6 Å². The highest BCUT2D eigenvalue weighted by molar-refractivity contribution is 6.30. The first kappa shape index (κ1) is 15.7. The van der Waals surface area contributed by atoms with Gasteiger partial charge in [-0.1, -0.05) is 23.7 Å². The van der Waals surface area contributed by atoms with Gasteiger partial charge in [-0.2, -0.15) is 5.10 Å². The normalized spacial score (nSPS) is 18.8. The van der Waals surface area contributed by atoms with E-state index in [2.05, 4.69) is 27.2 Å². The molecule has 1 saturated heterocycles. The molecular formula is C18H21ClN4O. The van der Waals surface area contributed by atoms with Gasteiger partial charge in [0.25, 0.3) is 5.91 Å². The molecule has 0 radical (unpaired) electrons. The largest absolute Gasteiger partial charge is 0.335 e. The number of benzene rings is 1. The van der Waals surface area contributed by atoms with Gasteiger partial charge < -0.3 is 4.90 Å². The molecule has 1 aromatic carbocycles. The van der Waals surface area contributed by atoms with Crippen LogP contribution in [0.2, 0.25) is 5.02 Å². The van der Waals surface area contributed by atoms with Crippen molar-refractivity contribution < 1.29 is 4.79 Å². The second-order valence-corrected chi connectivity index (χ2v) is 7.11. The van der Waals surface area contributed by atoms with Crippen LogP contribution in [-0.4, -0.2) is 52.1 Å². The molecule has 1 aromatic heterocycles. The van der Waals surface area contributed by atoms with Gasteiger partial charge in [-0.3, -0.25) is 14.8 Å². The number of hydrogen-bond donors (Lipinski definition) is 1. The quantitative estimate of drug-likeness (QED) is 0.927. The topological polar surface area (TPSA) is 52.2 Å². The Bertz CT molecular complexity index is 715. The Kier molecular flexibility index (Phi) is 4.29. The Morgan fingerprint density at radius 1 is 1.17 bits per heavy atom. The SMILES string of the molecule is O=C(c1cc(C2CC2)[nH]n1)N1CCN(Cc2ccc(Cl)cc2)CC1. The van der Waals surface area contributed by atoms with Crippen LogP contribution in [0, 0.1) is 0 Å². The van der Waals surface area contributed by atoms with Crippen molar-refractivity contribution in [3.63, 3.8) is 0 Å². The van der Waals surface area contributed by atoms with Crippen molar-refractivity contribution in [2.75, 3.05) is 26.2 Å². The molecule has 2 fully saturated rings. The van der Waals surface area contributed by atoms with E-state index in [1.807, 2.05) is 23.1 Å². The zero-order valence-corrected chi connectivity index (χ0v) is 14.3. The number of aromatic amines is 1. The molecule has 2 aliphatic rings. The van der Waals surface area contributed by atoms with Gasteiger partial charge >= 0.3 is 0 Å². The summed E-state index contributed by atoms with van der Waals surface area (Å²) in [6.07, 6.45) is 2.42. The van der Waals surface area contributed by atoms with Crippen LogP contribution in [0.3, 0.4) is 0 Å². The highest BCUT2D eigenvalue weighted by Crippen LogP contribution is 2.39. The lowest BCUT2D eigenvalue weighted by atomic mass is 10.2. The molecule has 1 saturated carbocycles. The van der Waals surface area contributed by atoms with E-state index in [1.165, 1.54) is 18.4 Å². The summed E-state index contributed by atoms with van der Waals surface area (Å²) < 4.78 is 0. The summed E-state index contributed by atoms with van der Waals surface area (Å²) in [6.45, 7) is 4.16. The van der Waals surface area contributed by atoms with Crippen LogP contribution in [-0.2, 0) is 6.54 Å². The average Bonchev–Trinajstić information content (AvgIpc) is 3.34. The van der Waals surface area contributed by atoms with Gasteiger partial charge in [0.2, 0.25) is 0 Å². The summed E-state index contributed by atoms with van der Waals surface area (Å²) in [5.74, 6) is 0.638. The van der Waals surface area contributed by atoms with Gasteiger partial charge in [0.15, 0.2) is 0 Å². The maximum absolute atomic E-state index is 12.6. The van der Waals surface area contributed by atoms with Crippen molar-refractivity contribution in [2.24, 2.45) is 0 Å². The molecule has 1 amide bonds. The molecular weight excluding hydrogens is 324 g/mol. The molecule has 0 atom stereocenters. The molecule has 4 rings (SSSR count). The summed E-state index contributed by atoms with van der Waals surface area (Å²) in [7, 11) is 0. The van der Waals surface area contributed by atoms with E-state index in [0.717, 1.165) is 43.4 Å². The highest BCUT2D eigenvalue weighted by Gasteiger charge is 2.28. The number of aromatic nitrogens is 2. The predicted octanol–water partition coefficient (Wildman–Crippen LogP) is 2.90. The first-order valence-corrected chi connectivity index (χ1v) is 8.88. The number of carbonyl (C=O) groups excluding carboxylic acids is 1. The van der Waals surface area contributed by atoms with E-state index >= 15 is 0 Å². The van der Waals surface area contributed by atoms with Gasteiger partial charge in [0.1, 0.15) is 5.69 Å². The predicted molar refractivity (Wildman–Crippen MR) is 93.2 cm³/mol. The summed E-state index contributed by atoms with van der Waals surface area (Å²) in [6, 6.07) is 9.89. The minimum Gasteiger partial charge on any atom is -0.335 e. The van der Waals surface area contributed by atoms with Crippen molar-refractivity contribution in [2.45, 2.75) is 25.3 Å². The summed E-state index contributed by atoms with van der Waals surface area (Å²) in [4.78, 5) is 16.8. The Morgan fingerprint density at radius 2 is 1.88 bits per heavy atom. The molecule has 0 spiro atoms. The maximum Gasteiger partial charge on any atom is 0.274 e. The van der Waals surface area contributed by atoms with Crippen LogP contribution in [0.25, 0.3) is 0 Å². The van der Waals surface area contributed by atoms with Crippen LogP contribution in [0.4, 0.5) is 0 Å². The Labute approximate surface area is 146 Å². The molecule has 1 aliphatic carbocycles. The number of H-pyrrole nitrogens is 1. The molecule has 1 aliphatic heterocycles. The molecule has 1 N–H and O–H groups in total. The van der Waals surface area contributed by atoms with Crippen LogP contribution in [0.15, 0.2) is 30.3 Å². The van der Waals surface area contributed by atoms with Crippen LogP contribution < -0.4 is 0 Å². The second-order valence-electron chi connectivity index (χ2n) is 6.68. The van der Waals surface area contributed by atoms with Gasteiger partial charge in [0.05, 0.1) is 0 Å². The van der Waals surface area contributed by atoms with Crippen molar-refractivity contribution in [3.05, 3.63) is 52.3 Å². The summed E-state index contributed by atoms with van der Waals surface area (Å²) in [5, 5.41) is 7.98. The molecule has 126 valence electrons. The second kappa shape index (κ2) is 6.57. The first-order chi connectivity index (χ1) is 11.7. The van der Waals surface area contributed by atoms with E-state index in [-0.39, 0.29) is 5.91 Å². The van der Waals surface area contributed by atoms with E-state index in [9.17, 15) is 4.79 Å². The maximum atomic E-state index is 12.6. The fourth-order valence-corrected chi connectivity index (χ4v) is 3.29. The van der Waals surface area contributed by atoms with E-state index in [4.69, 9.17) is 11.6 Å². The van der Waals surface area contributed by atoms with Gasteiger partial charge in [-0.25, -0.2) is 0 Å². The number of amides is 1. The lowest BCUT2D eigenvalue weighted by Gasteiger charge is -2.34. The molecule has 2 heterocycles. The fraction of sp³-hybridized carbons (Fsp3) is 0.444. The van der Waals surface area contributed by atoms with Crippen molar-refractivity contribution in [3.8, 4) is 0 Å². The monoisotopic (exact) mass is 344 g/mol. The lowest BCUT2D eigenvalue weighted by Crippen LogP contribution is -2.48. The summed E-state index contributed by atoms with van der Waals surface area (Å²) >= 11 is 5.93. The van der Waals surface area contributed by atoms with Crippen molar-refractivity contribution in [1.82, 2.24) is 20.0 Å². The van der Waals surface area contributed by atoms with Gasteiger partial charge in [0, 0.05) is 49.4 Å². The van der Waals surface area contributed by atoms with Crippen molar-refractivity contribution >= 4 is 17.5 Å². The standard InChI is InChI=1S/C18H21ClN4O/c19-15-5-1-13(2-6-15)12-22-7-9-23(10-8-22)18(24)17-11-16(20-21-17)14-3-4-14/h1-2,5-6,11,14H,3-4,7-10,12H2,(H,20,21). The Hall–Kier alpha value is -1.85. The van der Waals surface area contributed by atoms with Crippen molar-refractivity contribution in [1.29, 1.82) is 0 Å². The average molecular weight is 345 g/mol. The number of piperazine rings is 1. The molecule has 24 heavy (non-hydrogen) atoms. The van der Waals surface area contributed by atoms with Gasteiger partial charge in [-0.05, 0) is 36.6 Å². The number of halogens is 1. The highest BCUT2D eigenvalue weighted by atomic mass is 35.5. The molecule has 6 heteroatoms. The number of rotatable bonds is 4. The Balaban J connectivity index is 1.31. The smallest absolute Gasteiger partial charge is 0.274 e. The number of nitrogens with zero attached hydrogens (tertiary/aromatic N) is 3. The minimum atomic E-state index is 0.0456. The molecule has 2 aromatic rings. The van der Waals surface area contributed by atoms with Gasteiger partial charge in [-0.15, -0.1) is 0 Å².